The second kappa shape index (κ2) is 12.9. The first-order valence-electron chi connectivity index (χ1n) is 8.18. The molecule has 0 aromatic carbocycles. The van der Waals surface area contributed by atoms with Gasteiger partial charge in [0.2, 0.25) is 0 Å². The Labute approximate surface area is 124 Å². The first-order valence-corrected chi connectivity index (χ1v) is 8.18. The summed E-state index contributed by atoms with van der Waals surface area (Å²) in [5.74, 6) is 1.64. The third-order valence-corrected chi connectivity index (χ3v) is 3.44. The lowest BCUT2D eigenvalue weighted by molar-refractivity contribution is 0.239. The van der Waals surface area contributed by atoms with E-state index in [1.54, 1.807) is 0 Å². The van der Waals surface area contributed by atoms with E-state index in [2.05, 4.69) is 72.7 Å². The Bertz CT molecular complexity index is 184. The van der Waals surface area contributed by atoms with Gasteiger partial charge in [-0.2, -0.15) is 0 Å². The standard InChI is InChI=1S/C9H21N.C8H19N.H2/c1-6-10(5)9(4)7-8(2)3;1-5-9-8(4)6-7(2)3;/h8-9H,6-7H2,1-5H3;7-9H,5-6H2,1-4H3;1H. The molecule has 2 unspecified atom stereocenters. The van der Waals surface area contributed by atoms with Crippen LogP contribution in [0.5, 0.6) is 0 Å². The van der Waals surface area contributed by atoms with Crippen molar-refractivity contribution >= 4 is 0 Å². The van der Waals surface area contributed by atoms with Crippen LogP contribution in [0.15, 0.2) is 0 Å². The Morgan fingerprint density at radius 1 is 0.895 bits per heavy atom. The number of hydrogen-bond acceptors (Lipinski definition) is 2. The van der Waals surface area contributed by atoms with Crippen molar-refractivity contribution in [1.29, 1.82) is 0 Å². The van der Waals surface area contributed by atoms with Gasteiger partial charge in [-0.15, -0.1) is 0 Å². The van der Waals surface area contributed by atoms with E-state index in [1.807, 2.05) is 0 Å². The van der Waals surface area contributed by atoms with Gasteiger partial charge in [0.15, 0.2) is 0 Å². The lowest BCUT2D eigenvalue weighted by Crippen LogP contribution is -2.29. The molecule has 1 N–H and O–H groups in total. The molecule has 0 spiro atoms. The maximum Gasteiger partial charge on any atom is 0.00662 e. The summed E-state index contributed by atoms with van der Waals surface area (Å²) in [6.45, 7) is 20.2. The lowest BCUT2D eigenvalue weighted by Gasteiger charge is -2.24. The van der Waals surface area contributed by atoms with E-state index in [4.69, 9.17) is 0 Å². The summed E-state index contributed by atoms with van der Waals surface area (Å²) in [5.41, 5.74) is 0. The van der Waals surface area contributed by atoms with Gasteiger partial charge >= 0.3 is 0 Å². The van der Waals surface area contributed by atoms with E-state index in [9.17, 15) is 0 Å². The Hall–Kier alpha value is -0.0800. The molecule has 0 aliphatic rings. The summed E-state index contributed by atoms with van der Waals surface area (Å²) in [7, 11) is 2.19. The molecule has 0 heterocycles. The van der Waals surface area contributed by atoms with Crippen molar-refractivity contribution in [2.45, 2.75) is 80.3 Å². The minimum atomic E-state index is 0. The molecule has 2 heteroatoms. The van der Waals surface area contributed by atoms with Crippen LogP contribution < -0.4 is 5.32 Å². The third kappa shape index (κ3) is 15.9. The molecule has 0 aromatic heterocycles. The fourth-order valence-electron chi connectivity index (χ4n) is 2.31. The van der Waals surface area contributed by atoms with Crippen molar-refractivity contribution < 1.29 is 1.43 Å². The maximum absolute atomic E-state index is 3.38. The van der Waals surface area contributed by atoms with Gasteiger partial charge in [0, 0.05) is 13.5 Å². The summed E-state index contributed by atoms with van der Waals surface area (Å²) >= 11 is 0. The van der Waals surface area contributed by atoms with Crippen LogP contribution in [-0.2, 0) is 0 Å². The van der Waals surface area contributed by atoms with E-state index in [0.717, 1.165) is 31.0 Å². The average molecular weight is 275 g/mol. The largest absolute Gasteiger partial charge is 0.315 e. The van der Waals surface area contributed by atoms with Gasteiger partial charge in [-0.25, -0.2) is 0 Å². The van der Waals surface area contributed by atoms with Gasteiger partial charge < -0.3 is 10.2 Å². The van der Waals surface area contributed by atoms with E-state index in [0.29, 0.717) is 6.04 Å². The number of rotatable bonds is 8. The highest BCUT2D eigenvalue weighted by molar-refractivity contribution is 4.63. The van der Waals surface area contributed by atoms with E-state index >= 15 is 0 Å². The van der Waals surface area contributed by atoms with Crippen LogP contribution in [-0.4, -0.2) is 37.1 Å². The number of nitrogens with zero attached hydrogens (tertiary/aromatic N) is 1. The molecule has 0 fully saturated rings. The molecule has 0 bridgehead atoms. The second-order valence-corrected chi connectivity index (χ2v) is 6.64. The molecule has 0 amide bonds. The van der Waals surface area contributed by atoms with E-state index < -0.39 is 0 Å². The highest BCUT2D eigenvalue weighted by Gasteiger charge is 2.07. The molecule has 0 saturated carbocycles. The zero-order valence-corrected chi connectivity index (χ0v) is 15.1. The SMILES string of the molecule is CCN(C)C(C)CC(C)C.CCNC(C)CC(C)C.[HH]. The Balaban J connectivity index is -0.000000277. The summed E-state index contributed by atoms with van der Waals surface area (Å²) in [6, 6.07) is 1.43. The van der Waals surface area contributed by atoms with Crippen LogP contribution in [0.2, 0.25) is 0 Å². The minimum Gasteiger partial charge on any atom is -0.315 e. The van der Waals surface area contributed by atoms with Crippen LogP contribution in [0.25, 0.3) is 0 Å². The third-order valence-electron chi connectivity index (χ3n) is 3.44. The lowest BCUT2D eigenvalue weighted by atomic mass is 10.0. The van der Waals surface area contributed by atoms with Crippen LogP contribution >= 0.6 is 0 Å². The molecule has 0 aliphatic carbocycles. The molecule has 0 aliphatic heterocycles. The summed E-state index contributed by atoms with van der Waals surface area (Å²) in [5, 5.41) is 3.38. The van der Waals surface area contributed by atoms with Crippen molar-refractivity contribution in [3.63, 3.8) is 0 Å². The molecule has 0 rings (SSSR count). The van der Waals surface area contributed by atoms with Crippen LogP contribution in [0.3, 0.4) is 0 Å². The normalized spacial score (nSPS) is 14.5. The zero-order valence-electron chi connectivity index (χ0n) is 15.1. The van der Waals surface area contributed by atoms with Crippen molar-refractivity contribution in [3.8, 4) is 0 Å². The Morgan fingerprint density at radius 2 is 1.37 bits per heavy atom. The summed E-state index contributed by atoms with van der Waals surface area (Å²) in [6.07, 6.45) is 2.60. The van der Waals surface area contributed by atoms with Crippen molar-refractivity contribution in [1.82, 2.24) is 10.2 Å². The van der Waals surface area contributed by atoms with Gasteiger partial charge in [-0.3, -0.25) is 0 Å². The molecule has 2 atom stereocenters. The van der Waals surface area contributed by atoms with E-state index in [-0.39, 0.29) is 1.43 Å². The highest BCUT2D eigenvalue weighted by Crippen LogP contribution is 2.08. The van der Waals surface area contributed by atoms with E-state index in [1.165, 1.54) is 12.8 Å². The Kier molecular flexibility index (Phi) is 14.4. The van der Waals surface area contributed by atoms with Crippen LogP contribution in [0, 0.1) is 11.8 Å². The van der Waals surface area contributed by atoms with Gasteiger partial charge in [0.05, 0.1) is 0 Å². The highest BCUT2D eigenvalue weighted by atomic mass is 15.1. The van der Waals surface area contributed by atoms with Crippen molar-refractivity contribution in [2.24, 2.45) is 11.8 Å². The predicted molar refractivity (Wildman–Crippen MR) is 91.9 cm³/mol. The minimum absolute atomic E-state index is 0. The molecular weight excluding hydrogens is 232 g/mol. The zero-order chi connectivity index (χ0) is 15.4. The summed E-state index contributed by atoms with van der Waals surface area (Å²) in [4.78, 5) is 2.39. The van der Waals surface area contributed by atoms with Crippen LogP contribution in [0.4, 0.5) is 0 Å². The topological polar surface area (TPSA) is 15.3 Å². The fraction of sp³-hybridized carbons (Fsp3) is 1.00. The number of hydrogen-bond donors (Lipinski definition) is 1. The fourth-order valence-corrected chi connectivity index (χ4v) is 2.31. The van der Waals surface area contributed by atoms with Gasteiger partial charge in [-0.1, -0.05) is 41.5 Å². The molecule has 19 heavy (non-hydrogen) atoms. The first kappa shape index (κ1) is 21.2. The molecule has 120 valence electrons. The monoisotopic (exact) mass is 274 g/mol. The smallest absolute Gasteiger partial charge is 0.00662 e. The number of nitrogens with one attached hydrogen (secondary N) is 1. The van der Waals surface area contributed by atoms with Gasteiger partial charge in [0.25, 0.3) is 0 Å². The maximum atomic E-state index is 3.38. The quantitative estimate of drug-likeness (QED) is 0.693. The van der Waals surface area contributed by atoms with Crippen molar-refractivity contribution in [2.75, 3.05) is 20.1 Å². The molecule has 0 radical (unpaired) electrons. The van der Waals surface area contributed by atoms with Crippen molar-refractivity contribution in [3.05, 3.63) is 0 Å². The molecule has 0 aromatic rings. The Morgan fingerprint density at radius 3 is 1.68 bits per heavy atom. The average Bonchev–Trinajstić information content (AvgIpc) is 2.27. The van der Waals surface area contributed by atoms with Crippen LogP contribution in [0.1, 0.15) is 69.7 Å². The van der Waals surface area contributed by atoms with Gasteiger partial charge in [-0.05, 0) is 58.7 Å². The second-order valence-electron chi connectivity index (χ2n) is 6.64. The summed E-state index contributed by atoms with van der Waals surface area (Å²) < 4.78 is 0. The predicted octanol–water partition coefficient (Wildman–Crippen LogP) is 4.65. The van der Waals surface area contributed by atoms with Gasteiger partial charge in [0.1, 0.15) is 0 Å². The first-order chi connectivity index (χ1) is 8.74. The molecule has 2 nitrogen and oxygen atoms in total. The molecule has 0 saturated heterocycles. The molecular formula is C17H42N2.